The zero-order chi connectivity index (χ0) is 15.1. The molecular formula is C16H27N3O. The van der Waals surface area contributed by atoms with E-state index in [-0.39, 0.29) is 12.1 Å². The summed E-state index contributed by atoms with van der Waals surface area (Å²) in [6.07, 6.45) is 8.11. The minimum atomic E-state index is -0.103. The first-order chi connectivity index (χ1) is 9.43. The molecule has 1 aliphatic rings. The maximum absolute atomic E-state index is 8.11. The first-order valence-corrected chi connectivity index (χ1v) is 7.36. The number of nitrogens with zero attached hydrogens (tertiary/aromatic N) is 1. The second-order valence-corrected chi connectivity index (χ2v) is 5.50. The van der Waals surface area contributed by atoms with Gasteiger partial charge >= 0.3 is 0 Å². The smallest absolute Gasteiger partial charge is 0.151 e. The Morgan fingerprint density at radius 2 is 2.20 bits per heavy atom. The largest absolute Gasteiger partial charge is 0.378 e. The number of hydrogen-bond donors (Lipinski definition) is 2. The molecule has 112 valence electrons. The van der Waals surface area contributed by atoms with Crippen molar-refractivity contribution in [1.29, 1.82) is 5.41 Å². The van der Waals surface area contributed by atoms with E-state index in [1.807, 2.05) is 33.8 Å². The molecule has 4 nitrogen and oxygen atoms in total. The molecule has 0 spiro atoms. The molecule has 0 saturated carbocycles. The molecular weight excluding hydrogens is 250 g/mol. The average molecular weight is 277 g/mol. The van der Waals surface area contributed by atoms with Crippen LogP contribution in [0.25, 0.3) is 0 Å². The van der Waals surface area contributed by atoms with E-state index in [4.69, 9.17) is 15.9 Å². The maximum atomic E-state index is 8.11. The summed E-state index contributed by atoms with van der Waals surface area (Å²) in [5, 5.41) is 8.11. The highest BCUT2D eigenvalue weighted by Gasteiger charge is 2.14. The highest BCUT2D eigenvalue weighted by atomic mass is 16.5. The number of amidine groups is 1. The fourth-order valence-electron chi connectivity index (χ4n) is 2.05. The van der Waals surface area contributed by atoms with Crippen LogP contribution in [0.5, 0.6) is 0 Å². The van der Waals surface area contributed by atoms with E-state index in [0.717, 1.165) is 24.1 Å². The molecule has 20 heavy (non-hydrogen) atoms. The molecule has 1 rings (SSSR count). The molecule has 0 aliphatic heterocycles. The van der Waals surface area contributed by atoms with Crippen LogP contribution < -0.4 is 5.73 Å². The maximum Gasteiger partial charge on any atom is 0.151 e. The molecule has 0 radical (unpaired) electrons. The van der Waals surface area contributed by atoms with Crippen LogP contribution in [0.2, 0.25) is 0 Å². The van der Waals surface area contributed by atoms with Gasteiger partial charge in [-0.1, -0.05) is 25.2 Å². The summed E-state index contributed by atoms with van der Waals surface area (Å²) < 4.78 is 5.65. The molecule has 1 unspecified atom stereocenters. The van der Waals surface area contributed by atoms with E-state index in [9.17, 15) is 0 Å². The topological polar surface area (TPSA) is 71.5 Å². The van der Waals surface area contributed by atoms with E-state index in [1.165, 1.54) is 0 Å². The van der Waals surface area contributed by atoms with Crippen molar-refractivity contribution in [1.82, 2.24) is 0 Å². The number of rotatable bonds is 6. The monoisotopic (exact) mass is 277 g/mol. The minimum absolute atomic E-state index is 0.103. The predicted molar refractivity (Wildman–Crippen MR) is 85.5 cm³/mol. The summed E-state index contributed by atoms with van der Waals surface area (Å²) in [5.41, 5.74) is 7.58. The number of nitrogens with one attached hydrogen (secondary N) is 1. The molecule has 0 aromatic carbocycles. The van der Waals surface area contributed by atoms with Crippen LogP contribution in [0.4, 0.5) is 0 Å². The first-order valence-electron chi connectivity index (χ1n) is 7.36. The minimum Gasteiger partial charge on any atom is -0.378 e. The lowest BCUT2D eigenvalue weighted by molar-refractivity contribution is 0.0616. The van der Waals surface area contributed by atoms with E-state index in [2.05, 4.69) is 17.1 Å². The lowest BCUT2D eigenvalue weighted by Crippen LogP contribution is -2.27. The van der Waals surface area contributed by atoms with E-state index in [1.54, 1.807) is 0 Å². The van der Waals surface area contributed by atoms with Crippen LogP contribution in [0, 0.1) is 11.3 Å². The van der Waals surface area contributed by atoms with E-state index < -0.39 is 0 Å². The Labute approximate surface area is 122 Å². The number of hydrogen-bond acceptors (Lipinski definition) is 3. The van der Waals surface area contributed by atoms with Gasteiger partial charge < -0.3 is 10.5 Å². The second kappa shape index (κ2) is 8.12. The summed E-state index contributed by atoms with van der Waals surface area (Å²) >= 11 is 0. The number of aliphatic imine (C=N–C) groups is 1. The molecule has 0 saturated heterocycles. The van der Waals surface area contributed by atoms with Crippen molar-refractivity contribution in [3.63, 3.8) is 0 Å². The molecule has 3 N–H and O–H groups in total. The Morgan fingerprint density at radius 3 is 2.75 bits per heavy atom. The Hall–Kier alpha value is -1.26. The van der Waals surface area contributed by atoms with Crippen LogP contribution in [0.1, 0.15) is 40.5 Å². The lowest BCUT2D eigenvalue weighted by atomic mass is 9.96. The molecule has 0 amide bonds. The van der Waals surface area contributed by atoms with Gasteiger partial charge in [-0.3, -0.25) is 5.41 Å². The Morgan fingerprint density at radius 1 is 1.50 bits per heavy atom. The van der Waals surface area contributed by atoms with Gasteiger partial charge in [-0.15, -0.1) is 0 Å². The number of ether oxygens (including phenoxy) is 1. The van der Waals surface area contributed by atoms with Gasteiger partial charge in [0, 0.05) is 23.2 Å². The summed E-state index contributed by atoms with van der Waals surface area (Å²) in [5.74, 6) is 0.623. The third-order valence-corrected chi connectivity index (χ3v) is 3.21. The third-order valence-electron chi connectivity index (χ3n) is 3.21. The quantitative estimate of drug-likeness (QED) is 0.578. The van der Waals surface area contributed by atoms with Crippen molar-refractivity contribution in [2.45, 2.75) is 52.7 Å². The van der Waals surface area contributed by atoms with Crippen molar-refractivity contribution < 1.29 is 4.74 Å². The predicted octanol–water partition coefficient (Wildman–Crippen LogP) is 3.09. The Bertz CT molecular complexity index is 419. The van der Waals surface area contributed by atoms with Gasteiger partial charge in [0.25, 0.3) is 0 Å². The summed E-state index contributed by atoms with van der Waals surface area (Å²) in [4.78, 5) is 4.36. The molecule has 0 heterocycles. The van der Waals surface area contributed by atoms with E-state index in [0.29, 0.717) is 18.4 Å². The molecule has 4 heteroatoms. The highest BCUT2D eigenvalue weighted by Crippen LogP contribution is 2.19. The van der Waals surface area contributed by atoms with Gasteiger partial charge in [-0.2, -0.15) is 0 Å². The third kappa shape index (κ3) is 5.39. The summed E-state index contributed by atoms with van der Waals surface area (Å²) in [7, 11) is 0. The van der Waals surface area contributed by atoms with Gasteiger partial charge in [0.05, 0.1) is 12.7 Å². The molecule has 0 aromatic rings. The van der Waals surface area contributed by atoms with Crippen molar-refractivity contribution in [2.24, 2.45) is 16.6 Å². The van der Waals surface area contributed by atoms with Crippen LogP contribution in [0.15, 0.2) is 28.8 Å². The van der Waals surface area contributed by atoms with Crippen molar-refractivity contribution in [3.05, 3.63) is 23.8 Å². The lowest BCUT2D eigenvalue weighted by Gasteiger charge is -2.18. The van der Waals surface area contributed by atoms with Crippen LogP contribution in [-0.4, -0.2) is 30.3 Å². The fraction of sp³-hybridized carbons (Fsp3) is 0.625. The van der Waals surface area contributed by atoms with Crippen LogP contribution in [0.3, 0.4) is 0 Å². The second-order valence-electron chi connectivity index (χ2n) is 5.50. The Kier molecular flexibility index (Phi) is 6.82. The van der Waals surface area contributed by atoms with Crippen molar-refractivity contribution in [2.75, 3.05) is 6.61 Å². The summed E-state index contributed by atoms with van der Waals surface area (Å²) in [6.45, 7) is 8.67. The fourth-order valence-corrected chi connectivity index (χ4v) is 2.05. The molecule has 2 atom stereocenters. The standard InChI is InChI=1S/C16H27N3O/c1-5-15(12(4)17)19-16(18)14-8-6-7-13(9-14)10-20-11(2)3/h6,8-9,11-13,18H,5,7,10,17H2,1-4H3/t12-,13?/m0/s1. The molecule has 1 aliphatic carbocycles. The normalized spacial score (nSPS) is 21.0. The average Bonchev–Trinajstić information content (AvgIpc) is 2.42. The van der Waals surface area contributed by atoms with Crippen LogP contribution >= 0.6 is 0 Å². The molecule has 0 aromatic heterocycles. The van der Waals surface area contributed by atoms with Gasteiger partial charge in [0.1, 0.15) is 0 Å². The molecule has 0 bridgehead atoms. The molecule has 0 fully saturated rings. The van der Waals surface area contributed by atoms with Gasteiger partial charge in [-0.05, 0) is 33.6 Å². The number of nitrogens with two attached hydrogens (primary N) is 1. The Balaban J connectivity index is 2.74. The van der Waals surface area contributed by atoms with Gasteiger partial charge in [0.2, 0.25) is 0 Å². The van der Waals surface area contributed by atoms with E-state index >= 15 is 0 Å². The van der Waals surface area contributed by atoms with Gasteiger partial charge in [0.15, 0.2) is 5.84 Å². The SMILES string of the molecule is CCC(=NC(=N)C1=CC(COC(C)C)CC=C1)[C@H](C)N. The summed E-state index contributed by atoms with van der Waals surface area (Å²) in [6, 6.07) is -0.103. The first kappa shape index (κ1) is 16.8. The zero-order valence-corrected chi connectivity index (χ0v) is 13.0. The highest BCUT2D eigenvalue weighted by molar-refractivity contribution is 6.07. The van der Waals surface area contributed by atoms with Gasteiger partial charge in [-0.25, -0.2) is 4.99 Å². The van der Waals surface area contributed by atoms with Crippen molar-refractivity contribution in [3.8, 4) is 0 Å². The van der Waals surface area contributed by atoms with Crippen molar-refractivity contribution >= 4 is 11.5 Å². The van der Waals surface area contributed by atoms with Crippen LogP contribution in [-0.2, 0) is 4.74 Å². The zero-order valence-electron chi connectivity index (χ0n) is 13.0. The number of allylic oxidation sites excluding steroid dienone is 1.